The van der Waals surface area contributed by atoms with Gasteiger partial charge in [-0.2, -0.15) is 0 Å². The number of allylic oxidation sites excluding steroid dienone is 7. The Morgan fingerprint density at radius 3 is 2.33 bits per heavy atom. The van der Waals surface area contributed by atoms with Crippen LogP contribution in [0.25, 0.3) is 0 Å². The number of rotatable bonds is 1. The molecule has 0 fully saturated rings. The molecule has 0 bridgehead atoms. The standard InChI is InChI=1S/C9H8ClNO/c10-9(11)7-5-3-1-2-4-6-8(7)12/h1-6,11-12H/b2-1?,3-1-,4-2-,5-3?,6-4?,7-5+,8-6+,8-7?,11-9?. The molecule has 12 heavy (non-hydrogen) atoms. The second kappa shape index (κ2) is 3.93. The van der Waals surface area contributed by atoms with Crippen molar-refractivity contribution in [2.24, 2.45) is 0 Å². The van der Waals surface area contributed by atoms with Crippen LogP contribution in [0.4, 0.5) is 0 Å². The van der Waals surface area contributed by atoms with E-state index in [1.807, 2.05) is 0 Å². The molecule has 0 spiro atoms. The van der Waals surface area contributed by atoms with E-state index < -0.39 is 0 Å². The number of hydrogen-bond donors (Lipinski definition) is 2. The predicted octanol–water partition coefficient (Wildman–Crippen LogP) is 2.70. The Labute approximate surface area is 75.7 Å². The van der Waals surface area contributed by atoms with Crippen molar-refractivity contribution in [3.05, 3.63) is 47.8 Å². The highest BCUT2D eigenvalue weighted by molar-refractivity contribution is 6.69. The van der Waals surface area contributed by atoms with E-state index in [1.54, 1.807) is 30.4 Å². The Kier molecular flexibility index (Phi) is 2.88. The molecule has 1 rings (SSSR count). The predicted molar refractivity (Wildman–Crippen MR) is 50.7 cm³/mol. The molecule has 62 valence electrons. The summed E-state index contributed by atoms with van der Waals surface area (Å²) in [6.45, 7) is 0. The molecule has 3 heteroatoms. The minimum Gasteiger partial charge on any atom is -0.507 e. The van der Waals surface area contributed by atoms with Gasteiger partial charge in [0.15, 0.2) is 0 Å². The van der Waals surface area contributed by atoms with Crippen molar-refractivity contribution in [2.45, 2.75) is 0 Å². The molecule has 1 aliphatic rings. The first kappa shape index (κ1) is 8.81. The van der Waals surface area contributed by atoms with Crippen LogP contribution in [0.15, 0.2) is 47.8 Å². The van der Waals surface area contributed by atoms with E-state index in [0.29, 0.717) is 5.57 Å². The number of aliphatic hydroxyl groups excluding tert-OH is 1. The summed E-state index contributed by atoms with van der Waals surface area (Å²) in [5.41, 5.74) is 0.331. The van der Waals surface area contributed by atoms with E-state index in [4.69, 9.17) is 17.0 Å². The fourth-order valence-corrected chi connectivity index (χ4v) is 0.947. The van der Waals surface area contributed by atoms with Crippen LogP contribution in [0.3, 0.4) is 0 Å². The molecule has 0 aliphatic heterocycles. The maximum Gasteiger partial charge on any atom is 0.131 e. The molecule has 2 nitrogen and oxygen atoms in total. The van der Waals surface area contributed by atoms with Crippen molar-refractivity contribution >= 4 is 16.8 Å². The Morgan fingerprint density at radius 1 is 1.17 bits per heavy atom. The topological polar surface area (TPSA) is 44.1 Å². The van der Waals surface area contributed by atoms with Crippen LogP contribution in [-0.4, -0.2) is 10.3 Å². The molecular formula is C9H8ClNO. The van der Waals surface area contributed by atoms with Gasteiger partial charge in [0, 0.05) is 0 Å². The lowest BCUT2D eigenvalue weighted by atomic mass is 10.1. The first-order valence-electron chi connectivity index (χ1n) is 3.41. The van der Waals surface area contributed by atoms with Gasteiger partial charge in [-0.15, -0.1) is 0 Å². The second-order valence-electron chi connectivity index (χ2n) is 2.22. The molecule has 0 amide bonds. The summed E-state index contributed by atoms with van der Waals surface area (Å²) in [6.07, 6.45) is 10.0. The van der Waals surface area contributed by atoms with Crippen LogP contribution >= 0.6 is 11.6 Å². The van der Waals surface area contributed by atoms with Gasteiger partial charge in [-0.3, -0.25) is 5.41 Å². The number of nitrogens with one attached hydrogen (secondary N) is 1. The normalized spacial score (nSPS) is 30.1. The molecule has 0 heterocycles. The van der Waals surface area contributed by atoms with Crippen LogP contribution in [0.2, 0.25) is 0 Å². The third-order valence-electron chi connectivity index (χ3n) is 1.36. The third-order valence-corrected chi connectivity index (χ3v) is 1.57. The minimum absolute atomic E-state index is 0.00981. The number of hydrogen-bond acceptors (Lipinski definition) is 2. The second-order valence-corrected chi connectivity index (χ2v) is 2.59. The van der Waals surface area contributed by atoms with E-state index in [1.165, 1.54) is 6.08 Å². The molecule has 2 N–H and O–H groups in total. The monoisotopic (exact) mass is 181 g/mol. The smallest absolute Gasteiger partial charge is 0.131 e. The summed E-state index contributed by atoms with van der Waals surface area (Å²) in [5, 5.41) is 16.3. The van der Waals surface area contributed by atoms with E-state index in [-0.39, 0.29) is 10.9 Å². The summed E-state index contributed by atoms with van der Waals surface area (Å²) in [7, 11) is 0. The SMILES string of the molecule is N=C(Cl)C1=C/C=C\C=C/C=C\1O. The molecule has 0 atom stereocenters. The maximum atomic E-state index is 9.33. The van der Waals surface area contributed by atoms with Gasteiger partial charge < -0.3 is 5.11 Å². The van der Waals surface area contributed by atoms with Crippen LogP contribution in [0.5, 0.6) is 0 Å². The average molecular weight is 182 g/mol. The van der Waals surface area contributed by atoms with Gasteiger partial charge in [0.2, 0.25) is 0 Å². The van der Waals surface area contributed by atoms with Crippen molar-refractivity contribution in [1.29, 1.82) is 5.41 Å². The highest BCUT2D eigenvalue weighted by Gasteiger charge is 2.05. The van der Waals surface area contributed by atoms with Gasteiger partial charge in [-0.25, -0.2) is 0 Å². The largest absolute Gasteiger partial charge is 0.507 e. The summed E-state index contributed by atoms with van der Waals surface area (Å²) < 4.78 is 0. The van der Waals surface area contributed by atoms with Gasteiger partial charge in [0.1, 0.15) is 10.9 Å². The Bertz CT molecular complexity index is 310. The van der Waals surface area contributed by atoms with E-state index in [9.17, 15) is 5.11 Å². The average Bonchev–Trinajstić information content (AvgIpc) is 1.96. The molecular weight excluding hydrogens is 174 g/mol. The van der Waals surface area contributed by atoms with Gasteiger partial charge in [-0.05, 0) is 12.2 Å². The maximum absolute atomic E-state index is 9.33. The van der Waals surface area contributed by atoms with Gasteiger partial charge >= 0.3 is 0 Å². The lowest BCUT2D eigenvalue weighted by Crippen LogP contribution is -1.96. The van der Waals surface area contributed by atoms with E-state index >= 15 is 0 Å². The molecule has 0 saturated heterocycles. The molecule has 0 unspecified atom stereocenters. The zero-order valence-electron chi connectivity index (χ0n) is 6.29. The quantitative estimate of drug-likeness (QED) is 0.601. The molecule has 0 aromatic heterocycles. The lowest BCUT2D eigenvalue weighted by molar-refractivity contribution is 0.428. The van der Waals surface area contributed by atoms with Crippen LogP contribution < -0.4 is 0 Å². The van der Waals surface area contributed by atoms with Crippen molar-refractivity contribution in [3.63, 3.8) is 0 Å². The highest BCUT2D eigenvalue weighted by atomic mass is 35.5. The summed E-state index contributed by atoms with van der Waals surface area (Å²) in [5.74, 6) is 0.00981. The van der Waals surface area contributed by atoms with Crippen molar-refractivity contribution in [2.75, 3.05) is 0 Å². The molecule has 1 aliphatic carbocycles. The van der Waals surface area contributed by atoms with Crippen molar-refractivity contribution in [3.8, 4) is 0 Å². The first-order chi connectivity index (χ1) is 5.72. The molecule has 0 aromatic carbocycles. The summed E-state index contributed by atoms with van der Waals surface area (Å²) >= 11 is 5.43. The molecule has 0 aromatic rings. The van der Waals surface area contributed by atoms with Crippen LogP contribution in [0.1, 0.15) is 0 Å². The Hall–Kier alpha value is -1.28. The Morgan fingerprint density at radius 2 is 1.75 bits per heavy atom. The fourth-order valence-electron chi connectivity index (χ4n) is 0.788. The van der Waals surface area contributed by atoms with E-state index in [0.717, 1.165) is 0 Å². The van der Waals surface area contributed by atoms with Crippen LogP contribution in [-0.2, 0) is 0 Å². The Balaban J connectivity index is 3.03. The number of aliphatic hydroxyl groups is 1. The molecule has 0 radical (unpaired) electrons. The van der Waals surface area contributed by atoms with Crippen molar-refractivity contribution < 1.29 is 5.11 Å². The zero-order chi connectivity index (χ0) is 8.97. The lowest BCUT2D eigenvalue weighted by Gasteiger charge is -2.01. The summed E-state index contributed by atoms with van der Waals surface area (Å²) in [4.78, 5) is 0. The molecule has 0 saturated carbocycles. The van der Waals surface area contributed by atoms with E-state index in [2.05, 4.69) is 0 Å². The van der Waals surface area contributed by atoms with Crippen molar-refractivity contribution in [1.82, 2.24) is 0 Å². The van der Waals surface area contributed by atoms with Gasteiger partial charge in [0.25, 0.3) is 0 Å². The third kappa shape index (κ3) is 2.10. The van der Waals surface area contributed by atoms with Gasteiger partial charge in [0.05, 0.1) is 5.57 Å². The number of halogens is 1. The zero-order valence-corrected chi connectivity index (χ0v) is 7.05. The fraction of sp³-hybridized carbons (Fsp3) is 0. The minimum atomic E-state index is -0.163. The summed E-state index contributed by atoms with van der Waals surface area (Å²) in [6, 6.07) is 0. The first-order valence-corrected chi connectivity index (χ1v) is 3.78. The highest BCUT2D eigenvalue weighted by Crippen LogP contribution is 2.12. The van der Waals surface area contributed by atoms with Gasteiger partial charge in [-0.1, -0.05) is 35.9 Å². The van der Waals surface area contributed by atoms with Crippen LogP contribution in [0, 0.1) is 5.41 Å².